The molecule has 2 aliphatic rings. The lowest BCUT2D eigenvalue weighted by molar-refractivity contribution is 0.105. The maximum atomic E-state index is 10.5. The molecule has 0 heterocycles. The number of hydrogen-bond acceptors (Lipinski definition) is 1. The summed E-state index contributed by atoms with van der Waals surface area (Å²) in [6.45, 7) is 2.08. The lowest BCUT2D eigenvalue weighted by Crippen LogP contribution is -2.12. The van der Waals surface area contributed by atoms with Crippen LogP contribution in [0.1, 0.15) is 30.4 Å². The largest absolute Gasteiger partial charge is 0.385 e. The SMILES string of the molecule is Cc1ccc(C2(O)C3CCCC32)cc1. The van der Waals surface area contributed by atoms with Gasteiger partial charge in [-0.25, -0.2) is 0 Å². The van der Waals surface area contributed by atoms with Crippen LogP contribution in [0.3, 0.4) is 0 Å². The van der Waals surface area contributed by atoms with Gasteiger partial charge in [0.15, 0.2) is 0 Å². The van der Waals surface area contributed by atoms with E-state index < -0.39 is 5.60 Å². The molecule has 1 aromatic carbocycles. The second-order valence-corrected chi connectivity index (χ2v) is 4.84. The number of hydrogen-bond donors (Lipinski definition) is 1. The second-order valence-electron chi connectivity index (χ2n) is 4.84. The average molecular weight is 188 g/mol. The lowest BCUT2D eigenvalue weighted by Gasteiger charge is -2.14. The van der Waals surface area contributed by atoms with E-state index in [4.69, 9.17) is 0 Å². The molecule has 1 heteroatoms. The Balaban J connectivity index is 1.93. The van der Waals surface area contributed by atoms with Gasteiger partial charge < -0.3 is 5.11 Å². The summed E-state index contributed by atoms with van der Waals surface area (Å²) in [6, 6.07) is 8.38. The van der Waals surface area contributed by atoms with Crippen LogP contribution in [0.4, 0.5) is 0 Å². The van der Waals surface area contributed by atoms with Crippen molar-refractivity contribution in [2.75, 3.05) is 0 Å². The van der Waals surface area contributed by atoms with Crippen molar-refractivity contribution in [3.63, 3.8) is 0 Å². The van der Waals surface area contributed by atoms with E-state index in [2.05, 4.69) is 31.2 Å². The molecule has 0 bridgehead atoms. The Morgan fingerprint density at radius 3 is 2.29 bits per heavy atom. The van der Waals surface area contributed by atoms with Crippen molar-refractivity contribution in [2.24, 2.45) is 11.8 Å². The smallest absolute Gasteiger partial charge is 0.0960 e. The first kappa shape index (κ1) is 8.49. The summed E-state index contributed by atoms with van der Waals surface area (Å²) >= 11 is 0. The highest BCUT2D eigenvalue weighted by Crippen LogP contribution is 2.66. The molecule has 0 aliphatic heterocycles. The topological polar surface area (TPSA) is 20.2 Å². The number of benzene rings is 1. The van der Waals surface area contributed by atoms with Crippen LogP contribution in [-0.2, 0) is 5.60 Å². The molecule has 0 saturated heterocycles. The van der Waals surface area contributed by atoms with E-state index in [0.29, 0.717) is 11.8 Å². The molecular weight excluding hydrogens is 172 g/mol. The molecule has 3 rings (SSSR count). The average Bonchev–Trinajstić information content (AvgIpc) is 2.63. The van der Waals surface area contributed by atoms with Gasteiger partial charge in [-0.2, -0.15) is 0 Å². The molecule has 2 saturated carbocycles. The van der Waals surface area contributed by atoms with E-state index >= 15 is 0 Å². The van der Waals surface area contributed by atoms with Crippen LogP contribution in [-0.4, -0.2) is 5.11 Å². The Morgan fingerprint density at radius 1 is 1.14 bits per heavy atom. The monoisotopic (exact) mass is 188 g/mol. The molecule has 2 fully saturated rings. The Kier molecular flexibility index (Phi) is 1.58. The molecule has 2 unspecified atom stereocenters. The van der Waals surface area contributed by atoms with Crippen molar-refractivity contribution >= 4 is 0 Å². The third-order valence-electron chi connectivity index (χ3n) is 4.05. The molecule has 74 valence electrons. The van der Waals surface area contributed by atoms with Gasteiger partial charge in [0, 0.05) is 0 Å². The van der Waals surface area contributed by atoms with Gasteiger partial charge in [-0.3, -0.25) is 0 Å². The zero-order valence-electron chi connectivity index (χ0n) is 8.53. The standard InChI is InChI=1S/C13H16O/c1-9-5-7-10(8-6-9)13(14)11-3-2-4-12(11)13/h5-8,11-12,14H,2-4H2,1H3. The molecule has 0 aromatic heterocycles. The molecule has 2 atom stereocenters. The van der Waals surface area contributed by atoms with Crippen molar-refractivity contribution in [1.29, 1.82) is 0 Å². The van der Waals surface area contributed by atoms with Gasteiger partial charge in [0.05, 0.1) is 5.60 Å². The summed E-state index contributed by atoms with van der Waals surface area (Å²) in [5.41, 5.74) is 1.95. The number of aliphatic hydroxyl groups is 1. The first-order chi connectivity index (χ1) is 6.73. The molecule has 0 amide bonds. The Labute approximate surface area is 84.8 Å². The maximum absolute atomic E-state index is 10.5. The number of aryl methyl sites for hydroxylation is 1. The van der Waals surface area contributed by atoms with Crippen LogP contribution in [0.2, 0.25) is 0 Å². The highest BCUT2D eigenvalue weighted by atomic mass is 16.3. The van der Waals surface area contributed by atoms with E-state index in [1.54, 1.807) is 0 Å². The van der Waals surface area contributed by atoms with E-state index in [1.165, 1.54) is 24.8 Å². The summed E-state index contributed by atoms with van der Waals surface area (Å²) in [5.74, 6) is 1.12. The van der Waals surface area contributed by atoms with Gasteiger partial charge in [0.1, 0.15) is 0 Å². The zero-order chi connectivity index (χ0) is 9.76. The Hall–Kier alpha value is -0.820. The quantitative estimate of drug-likeness (QED) is 0.718. The highest BCUT2D eigenvalue weighted by Gasteiger charge is 2.66. The molecule has 1 aromatic rings. The van der Waals surface area contributed by atoms with Crippen molar-refractivity contribution in [3.8, 4) is 0 Å². The van der Waals surface area contributed by atoms with Crippen LogP contribution in [0.15, 0.2) is 24.3 Å². The fourth-order valence-electron chi connectivity index (χ4n) is 3.17. The van der Waals surface area contributed by atoms with E-state index in [-0.39, 0.29) is 0 Å². The van der Waals surface area contributed by atoms with E-state index in [1.807, 2.05) is 0 Å². The minimum Gasteiger partial charge on any atom is -0.385 e. The van der Waals surface area contributed by atoms with Crippen molar-refractivity contribution in [1.82, 2.24) is 0 Å². The Bertz CT molecular complexity index is 342. The predicted molar refractivity (Wildman–Crippen MR) is 55.9 cm³/mol. The normalized spacial score (nSPS) is 39.6. The van der Waals surface area contributed by atoms with Crippen molar-refractivity contribution in [2.45, 2.75) is 31.8 Å². The molecule has 1 nitrogen and oxygen atoms in total. The summed E-state index contributed by atoms with van der Waals surface area (Å²) in [7, 11) is 0. The van der Waals surface area contributed by atoms with Crippen LogP contribution in [0.5, 0.6) is 0 Å². The first-order valence-electron chi connectivity index (χ1n) is 5.52. The van der Waals surface area contributed by atoms with Gasteiger partial charge in [-0.1, -0.05) is 36.2 Å². The van der Waals surface area contributed by atoms with Gasteiger partial charge in [0.2, 0.25) is 0 Å². The van der Waals surface area contributed by atoms with Crippen LogP contribution < -0.4 is 0 Å². The van der Waals surface area contributed by atoms with Crippen molar-refractivity contribution < 1.29 is 5.11 Å². The fourth-order valence-corrected chi connectivity index (χ4v) is 3.17. The van der Waals surface area contributed by atoms with Gasteiger partial charge >= 0.3 is 0 Å². The number of fused-ring (bicyclic) bond motifs is 1. The first-order valence-corrected chi connectivity index (χ1v) is 5.52. The van der Waals surface area contributed by atoms with Crippen LogP contribution in [0, 0.1) is 18.8 Å². The van der Waals surface area contributed by atoms with Crippen LogP contribution >= 0.6 is 0 Å². The molecule has 2 aliphatic carbocycles. The zero-order valence-corrected chi connectivity index (χ0v) is 8.53. The molecule has 14 heavy (non-hydrogen) atoms. The lowest BCUT2D eigenvalue weighted by atomic mass is 9.98. The summed E-state index contributed by atoms with van der Waals surface area (Å²) in [4.78, 5) is 0. The minimum absolute atomic E-state index is 0.452. The highest BCUT2D eigenvalue weighted by molar-refractivity contribution is 5.35. The predicted octanol–water partition coefficient (Wildman–Crippen LogP) is 2.61. The summed E-state index contributed by atoms with van der Waals surface area (Å²) in [6.07, 6.45) is 3.74. The Morgan fingerprint density at radius 2 is 1.71 bits per heavy atom. The van der Waals surface area contributed by atoms with E-state index in [0.717, 1.165) is 5.56 Å². The second kappa shape index (κ2) is 2.60. The van der Waals surface area contributed by atoms with E-state index in [9.17, 15) is 5.11 Å². The molecule has 0 spiro atoms. The molecule has 0 radical (unpaired) electrons. The minimum atomic E-state index is -0.452. The van der Waals surface area contributed by atoms with Gasteiger partial charge in [-0.05, 0) is 37.2 Å². The molecule has 1 N–H and O–H groups in total. The number of rotatable bonds is 1. The molecular formula is C13H16O. The van der Waals surface area contributed by atoms with Crippen molar-refractivity contribution in [3.05, 3.63) is 35.4 Å². The maximum Gasteiger partial charge on any atom is 0.0960 e. The van der Waals surface area contributed by atoms with Gasteiger partial charge in [-0.15, -0.1) is 0 Å². The summed E-state index contributed by atoms with van der Waals surface area (Å²) in [5, 5.41) is 10.5. The van der Waals surface area contributed by atoms with Gasteiger partial charge in [0.25, 0.3) is 0 Å². The van der Waals surface area contributed by atoms with Crippen LogP contribution in [0.25, 0.3) is 0 Å². The third kappa shape index (κ3) is 0.936. The fraction of sp³-hybridized carbons (Fsp3) is 0.538. The summed E-state index contributed by atoms with van der Waals surface area (Å²) < 4.78 is 0. The third-order valence-corrected chi connectivity index (χ3v) is 4.05.